The van der Waals surface area contributed by atoms with Crippen molar-refractivity contribution in [2.24, 2.45) is 46.3 Å². The highest BCUT2D eigenvalue weighted by molar-refractivity contribution is 5.84. The maximum Gasteiger partial charge on any atom is 0.136 e. The standard InChI is InChI=1S/C28H44O3/c1-17(2)13-18(3)15-28(6,31)23-11-10-20-24-21(29)14-19-9-7-8-12-26(19,4)25(24)22(30)16-27(20,23)5/h8,12,15,17,19-20,22-25,30-31H,7,9-11,13-14,16H2,1-6H3. The topological polar surface area (TPSA) is 57.5 Å². The third-order valence-corrected chi connectivity index (χ3v) is 9.84. The van der Waals surface area contributed by atoms with Crippen molar-refractivity contribution in [3.63, 3.8) is 0 Å². The number of aliphatic hydroxyl groups excluding tert-OH is 1. The summed E-state index contributed by atoms with van der Waals surface area (Å²) in [5.74, 6) is 1.60. The first-order valence-corrected chi connectivity index (χ1v) is 12.7. The van der Waals surface area contributed by atoms with Gasteiger partial charge in [-0.1, -0.05) is 51.5 Å². The van der Waals surface area contributed by atoms with Crippen molar-refractivity contribution in [3.05, 3.63) is 23.8 Å². The molecule has 0 aromatic heterocycles. The van der Waals surface area contributed by atoms with Crippen molar-refractivity contribution in [1.29, 1.82) is 0 Å². The van der Waals surface area contributed by atoms with E-state index in [2.05, 4.69) is 52.8 Å². The van der Waals surface area contributed by atoms with Crippen LogP contribution in [0.2, 0.25) is 0 Å². The molecule has 0 spiro atoms. The first-order chi connectivity index (χ1) is 14.4. The Hall–Kier alpha value is -0.930. The van der Waals surface area contributed by atoms with E-state index >= 15 is 0 Å². The van der Waals surface area contributed by atoms with Crippen LogP contribution >= 0.6 is 0 Å². The Morgan fingerprint density at radius 2 is 2.00 bits per heavy atom. The first-order valence-electron chi connectivity index (χ1n) is 12.7. The number of allylic oxidation sites excluding steroid dienone is 3. The van der Waals surface area contributed by atoms with E-state index in [-0.39, 0.29) is 34.5 Å². The Bertz CT molecular complexity index is 777. The van der Waals surface area contributed by atoms with Gasteiger partial charge in [0.1, 0.15) is 5.78 Å². The summed E-state index contributed by atoms with van der Waals surface area (Å²) in [4.78, 5) is 13.5. The lowest BCUT2D eigenvalue weighted by Crippen LogP contribution is -2.61. The molecule has 31 heavy (non-hydrogen) atoms. The maximum absolute atomic E-state index is 13.5. The van der Waals surface area contributed by atoms with Crippen LogP contribution in [0.25, 0.3) is 0 Å². The molecule has 3 heteroatoms. The molecule has 0 heterocycles. The molecule has 9 unspecified atom stereocenters. The van der Waals surface area contributed by atoms with E-state index in [0.717, 1.165) is 32.1 Å². The van der Waals surface area contributed by atoms with Gasteiger partial charge in [0.25, 0.3) is 0 Å². The van der Waals surface area contributed by atoms with Crippen LogP contribution in [0.5, 0.6) is 0 Å². The molecule has 9 atom stereocenters. The predicted molar refractivity (Wildman–Crippen MR) is 125 cm³/mol. The number of fused-ring (bicyclic) bond motifs is 5. The average molecular weight is 429 g/mol. The number of rotatable bonds is 4. The van der Waals surface area contributed by atoms with Gasteiger partial charge in [0.2, 0.25) is 0 Å². The number of Topliss-reactive ketones (excluding diaryl/α,β-unsaturated/α-hetero) is 1. The zero-order valence-corrected chi connectivity index (χ0v) is 20.5. The number of carbonyl (C=O) groups excluding carboxylic acids is 1. The minimum Gasteiger partial charge on any atom is -0.393 e. The van der Waals surface area contributed by atoms with Gasteiger partial charge in [-0.3, -0.25) is 4.79 Å². The highest BCUT2D eigenvalue weighted by Crippen LogP contribution is 2.67. The quantitative estimate of drug-likeness (QED) is 0.564. The van der Waals surface area contributed by atoms with Gasteiger partial charge in [0, 0.05) is 18.3 Å². The van der Waals surface area contributed by atoms with Crippen molar-refractivity contribution < 1.29 is 15.0 Å². The summed E-state index contributed by atoms with van der Waals surface area (Å²) in [6, 6.07) is 0. The fourth-order valence-electron chi connectivity index (χ4n) is 8.87. The zero-order valence-electron chi connectivity index (χ0n) is 20.5. The Labute approximate surface area is 189 Å². The van der Waals surface area contributed by atoms with E-state index < -0.39 is 11.7 Å². The molecule has 3 nitrogen and oxygen atoms in total. The van der Waals surface area contributed by atoms with Gasteiger partial charge in [-0.15, -0.1) is 0 Å². The molecule has 2 N–H and O–H groups in total. The van der Waals surface area contributed by atoms with Crippen LogP contribution in [0, 0.1) is 46.3 Å². The molecule has 0 bridgehead atoms. The number of carbonyl (C=O) groups is 1. The van der Waals surface area contributed by atoms with E-state index in [1.807, 2.05) is 6.92 Å². The van der Waals surface area contributed by atoms with Crippen molar-refractivity contribution in [1.82, 2.24) is 0 Å². The summed E-state index contributed by atoms with van der Waals surface area (Å²) in [5, 5.41) is 23.2. The van der Waals surface area contributed by atoms with Gasteiger partial charge in [-0.05, 0) is 86.9 Å². The fraction of sp³-hybridized carbons (Fsp3) is 0.821. The van der Waals surface area contributed by atoms with Crippen LogP contribution in [0.4, 0.5) is 0 Å². The second kappa shape index (κ2) is 7.83. The van der Waals surface area contributed by atoms with Gasteiger partial charge < -0.3 is 10.2 Å². The molecule has 0 aromatic rings. The lowest BCUT2D eigenvalue weighted by Gasteiger charge is -2.60. The van der Waals surface area contributed by atoms with Crippen molar-refractivity contribution in [2.45, 2.75) is 98.2 Å². The number of hydrogen-bond acceptors (Lipinski definition) is 3. The first kappa shape index (κ1) is 23.2. The van der Waals surface area contributed by atoms with E-state index in [4.69, 9.17) is 0 Å². The summed E-state index contributed by atoms with van der Waals surface area (Å²) >= 11 is 0. The predicted octanol–water partition coefficient (Wildman–Crippen LogP) is 5.70. The van der Waals surface area contributed by atoms with Crippen LogP contribution in [0.3, 0.4) is 0 Å². The molecule has 0 aliphatic heterocycles. The van der Waals surface area contributed by atoms with Crippen molar-refractivity contribution in [2.75, 3.05) is 0 Å². The Morgan fingerprint density at radius 3 is 2.68 bits per heavy atom. The SMILES string of the molecule is CC(=CC(C)(O)C1CCC2C3C(=O)CC4CCC=CC4(C)C3C(O)CC21C)CC(C)C. The number of aliphatic hydroxyl groups is 2. The van der Waals surface area contributed by atoms with Crippen LogP contribution < -0.4 is 0 Å². The summed E-state index contributed by atoms with van der Waals surface area (Å²) in [6.45, 7) is 13.0. The minimum absolute atomic E-state index is 0.0234. The van der Waals surface area contributed by atoms with Crippen LogP contribution in [0.15, 0.2) is 23.8 Å². The second-order valence-electron chi connectivity index (χ2n) is 12.6. The molecule has 174 valence electrons. The molecule has 3 fully saturated rings. The summed E-state index contributed by atoms with van der Waals surface area (Å²) < 4.78 is 0. The third-order valence-electron chi connectivity index (χ3n) is 9.84. The van der Waals surface area contributed by atoms with E-state index in [9.17, 15) is 15.0 Å². The molecular weight excluding hydrogens is 384 g/mol. The molecule has 3 saturated carbocycles. The molecule has 0 amide bonds. The smallest absolute Gasteiger partial charge is 0.136 e. The lowest BCUT2D eigenvalue weighted by molar-refractivity contribution is -0.173. The summed E-state index contributed by atoms with van der Waals surface area (Å²) in [6.07, 6.45) is 12.6. The maximum atomic E-state index is 13.5. The largest absolute Gasteiger partial charge is 0.393 e. The zero-order chi connectivity index (χ0) is 22.8. The normalized spacial score (nSPS) is 47.0. The Kier molecular flexibility index (Phi) is 5.87. The van der Waals surface area contributed by atoms with Crippen LogP contribution in [-0.4, -0.2) is 27.7 Å². The van der Waals surface area contributed by atoms with Gasteiger partial charge in [0.15, 0.2) is 0 Å². The van der Waals surface area contributed by atoms with E-state index in [1.54, 1.807) is 0 Å². The molecule has 4 aliphatic carbocycles. The Balaban J connectivity index is 1.67. The monoisotopic (exact) mass is 428 g/mol. The molecular formula is C28H44O3. The molecule has 4 aliphatic rings. The van der Waals surface area contributed by atoms with Crippen LogP contribution in [-0.2, 0) is 4.79 Å². The highest BCUT2D eigenvalue weighted by atomic mass is 16.3. The highest BCUT2D eigenvalue weighted by Gasteiger charge is 2.66. The molecule has 4 rings (SSSR count). The van der Waals surface area contributed by atoms with E-state index in [0.29, 0.717) is 30.5 Å². The van der Waals surface area contributed by atoms with Gasteiger partial charge in [-0.2, -0.15) is 0 Å². The summed E-state index contributed by atoms with van der Waals surface area (Å²) in [7, 11) is 0. The van der Waals surface area contributed by atoms with Gasteiger partial charge in [0.05, 0.1) is 11.7 Å². The third kappa shape index (κ3) is 3.68. The minimum atomic E-state index is -0.913. The fourth-order valence-corrected chi connectivity index (χ4v) is 8.87. The van der Waals surface area contributed by atoms with E-state index in [1.165, 1.54) is 5.57 Å². The molecule has 0 radical (unpaired) electrons. The van der Waals surface area contributed by atoms with Gasteiger partial charge >= 0.3 is 0 Å². The second-order valence-corrected chi connectivity index (χ2v) is 12.6. The summed E-state index contributed by atoms with van der Waals surface area (Å²) in [5.41, 5.74) is 0.0314. The number of hydrogen-bond donors (Lipinski definition) is 2. The van der Waals surface area contributed by atoms with Crippen molar-refractivity contribution >= 4 is 5.78 Å². The number of ketones is 1. The molecule has 0 saturated heterocycles. The van der Waals surface area contributed by atoms with Crippen molar-refractivity contribution in [3.8, 4) is 0 Å². The lowest BCUT2D eigenvalue weighted by atomic mass is 9.44. The average Bonchev–Trinajstić information content (AvgIpc) is 2.98. The Morgan fingerprint density at radius 1 is 1.29 bits per heavy atom. The van der Waals surface area contributed by atoms with Gasteiger partial charge in [-0.25, -0.2) is 0 Å². The van der Waals surface area contributed by atoms with Crippen LogP contribution in [0.1, 0.15) is 86.5 Å². The molecule has 0 aromatic carbocycles.